The summed E-state index contributed by atoms with van der Waals surface area (Å²) in [6, 6.07) is 1.29. The van der Waals surface area contributed by atoms with Crippen LogP contribution in [0.25, 0.3) is 0 Å². The summed E-state index contributed by atoms with van der Waals surface area (Å²) in [5.41, 5.74) is 0.113. The number of nitrogens with zero attached hydrogens (tertiary/aromatic N) is 1. The average Bonchev–Trinajstić information content (AvgIpc) is 2.42. The second kappa shape index (κ2) is 6.33. The van der Waals surface area contributed by atoms with Crippen molar-refractivity contribution in [1.29, 1.82) is 0 Å². The maximum Gasteiger partial charge on any atom is 0.254 e. The molecule has 1 aromatic heterocycles. The number of hydrogen-bond acceptors (Lipinski definition) is 2. The molecule has 0 aliphatic heterocycles. The first kappa shape index (κ1) is 14.3. The van der Waals surface area contributed by atoms with Crippen LogP contribution in [0.5, 0.6) is 0 Å². The van der Waals surface area contributed by atoms with Crippen molar-refractivity contribution in [2.45, 2.75) is 45.1 Å². The summed E-state index contributed by atoms with van der Waals surface area (Å²) in [6.07, 6.45) is 6.50. The fourth-order valence-corrected chi connectivity index (χ4v) is 2.90. The zero-order chi connectivity index (χ0) is 13.8. The van der Waals surface area contributed by atoms with Gasteiger partial charge in [0.2, 0.25) is 0 Å². The Morgan fingerprint density at radius 2 is 2.26 bits per heavy atom. The van der Waals surface area contributed by atoms with Gasteiger partial charge in [-0.3, -0.25) is 4.79 Å². The SMILES string of the molecule is CCC1CCCCC1NC(=O)c1cc(F)cnc1Cl. The topological polar surface area (TPSA) is 42.0 Å². The maximum absolute atomic E-state index is 13.1. The average molecular weight is 285 g/mol. The Kier molecular flexibility index (Phi) is 4.75. The molecule has 0 spiro atoms. The highest BCUT2D eigenvalue weighted by molar-refractivity contribution is 6.32. The number of hydrogen-bond donors (Lipinski definition) is 1. The minimum Gasteiger partial charge on any atom is -0.349 e. The predicted octanol–water partition coefficient (Wildman–Crippen LogP) is 3.57. The van der Waals surface area contributed by atoms with E-state index in [9.17, 15) is 9.18 Å². The monoisotopic (exact) mass is 284 g/mol. The van der Waals surface area contributed by atoms with E-state index in [0.717, 1.165) is 37.9 Å². The van der Waals surface area contributed by atoms with E-state index in [1.807, 2.05) is 0 Å². The van der Waals surface area contributed by atoms with E-state index in [2.05, 4.69) is 17.2 Å². The standard InChI is InChI=1S/C14H18ClFN2O/c1-2-9-5-3-4-6-12(9)18-14(19)11-7-10(16)8-17-13(11)15/h7-9,12H,2-6H2,1H3,(H,18,19). The fraction of sp³-hybridized carbons (Fsp3) is 0.571. The molecular formula is C14H18ClFN2O. The zero-order valence-electron chi connectivity index (χ0n) is 11.0. The molecule has 1 aliphatic carbocycles. The zero-order valence-corrected chi connectivity index (χ0v) is 11.7. The largest absolute Gasteiger partial charge is 0.349 e. The number of aromatic nitrogens is 1. The Balaban J connectivity index is 2.09. The van der Waals surface area contributed by atoms with Gasteiger partial charge in [-0.1, -0.05) is 37.8 Å². The molecule has 1 fully saturated rings. The molecule has 104 valence electrons. The van der Waals surface area contributed by atoms with Gasteiger partial charge in [-0.05, 0) is 24.8 Å². The number of rotatable bonds is 3. The number of carbonyl (C=O) groups is 1. The quantitative estimate of drug-likeness (QED) is 0.862. The van der Waals surface area contributed by atoms with Crippen LogP contribution in [-0.4, -0.2) is 16.9 Å². The van der Waals surface area contributed by atoms with Gasteiger partial charge in [0.15, 0.2) is 0 Å². The molecular weight excluding hydrogens is 267 g/mol. The molecule has 5 heteroatoms. The molecule has 0 aromatic carbocycles. The lowest BCUT2D eigenvalue weighted by Gasteiger charge is -2.31. The molecule has 2 atom stereocenters. The minimum atomic E-state index is -0.551. The van der Waals surface area contributed by atoms with Gasteiger partial charge in [0.05, 0.1) is 11.8 Å². The minimum absolute atomic E-state index is 0.0442. The van der Waals surface area contributed by atoms with Crippen LogP contribution in [0, 0.1) is 11.7 Å². The maximum atomic E-state index is 13.1. The summed E-state index contributed by atoms with van der Waals surface area (Å²) in [4.78, 5) is 15.8. The summed E-state index contributed by atoms with van der Waals surface area (Å²) in [5.74, 6) is -0.384. The van der Waals surface area contributed by atoms with Crippen LogP contribution in [-0.2, 0) is 0 Å². The highest BCUT2D eigenvalue weighted by Gasteiger charge is 2.26. The van der Waals surface area contributed by atoms with Gasteiger partial charge in [-0.2, -0.15) is 0 Å². The van der Waals surface area contributed by atoms with Gasteiger partial charge < -0.3 is 5.32 Å². The molecule has 0 radical (unpaired) electrons. The summed E-state index contributed by atoms with van der Waals surface area (Å²) in [7, 11) is 0. The first-order valence-corrected chi connectivity index (χ1v) is 7.11. The van der Waals surface area contributed by atoms with Crippen molar-refractivity contribution in [1.82, 2.24) is 10.3 Å². The van der Waals surface area contributed by atoms with Crippen LogP contribution in [0.1, 0.15) is 49.4 Å². The van der Waals surface area contributed by atoms with Gasteiger partial charge in [0.25, 0.3) is 5.91 Å². The van der Waals surface area contributed by atoms with Gasteiger partial charge >= 0.3 is 0 Å². The molecule has 3 nitrogen and oxygen atoms in total. The lowest BCUT2D eigenvalue weighted by Crippen LogP contribution is -2.42. The molecule has 1 aliphatic rings. The Morgan fingerprint density at radius 1 is 1.53 bits per heavy atom. The van der Waals surface area contributed by atoms with Gasteiger partial charge in [0, 0.05) is 6.04 Å². The normalized spacial score (nSPS) is 23.1. The smallest absolute Gasteiger partial charge is 0.254 e. The molecule has 1 aromatic rings. The van der Waals surface area contributed by atoms with Crippen LogP contribution in [0.2, 0.25) is 5.15 Å². The van der Waals surface area contributed by atoms with Crippen molar-refractivity contribution < 1.29 is 9.18 Å². The predicted molar refractivity (Wildman–Crippen MR) is 72.7 cm³/mol. The van der Waals surface area contributed by atoms with E-state index in [1.165, 1.54) is 6.42 Å². The van der Waals surface area contributed by atoms with Crippen LogP contribution in [0.15, 0.2) is 12.3 Å². The lowest BCUT2D eigenvalue weighted by molar-refractivity contribution is 0.0904. The number of halogens is 2. The molecule has 1 N–H and O–H groups in total. The van der Waals surface area contributed by atoms with Gasteiger partial charge in [0.1, 0.15) is 11.0 Å². The number of amides is 1. The second-order valence-electron chi connectivity index (χ2n) is 5.02. The highest BCUT2D eigenvalue weighted by Crippen LogP contribution is 2.27. The Morgan fingerprint density at radius 3 is 3.00 bits per heavy atom. The first-order chi connectivity index (χ1) is 9.11. The number of nitrogens with one attached hydrogen (secondary N) is 1. The van der Waals surface area contributed by atoms with Crippen molar-refractivity contribution in [2.75, 3.05) is 0 Å². The van der Waals surface area contributed by atoms with Crippen LogP contribution in [0.4, 0.5) is 4.39 Å². The molecule has 19 heavy (non-hydrogen) atoms. The van der Waals surface area contributed by atoms with E-state index < -0.39 is 5.82 Å². The molecule has 0 saturated heterocycles. The van der Waals surface area contributed by atoms with Crippen molar-refractivity contribution in [3.8, 4) is 0 Å². The summed E-state index contributed by atoms with van der Waals surface area (Å²) in [6.45, 7) is 2.13. The molecule has 1 amide bonds. The highest BCUT2D eigenvalue weighted by atomic mass is 35.5. The third-order valence-corrected chi connectivity index (χ3v) is 4.10. The van der Waals surface area contributed by atoms with Crippen molar-refractivity contribution in [2.24, 2.45) is 5.92 Å². The summed E-state index contributed by atoms with van der Waals surface area (Å²) < 4.78 is 13.1. The first-order valence-electron chi connectivity index (χ1n) is 6.73. The molecule has 2 unspecified atom stereocenters. The van der Waals surface area contributed by atoms with Crippen molar-refractivity contribution >= 4 is 17.5 Å². The van der Waals surface area contributed by atoms with Crippen molar-refractivity contribution in [3.05, 3.63) is 28.8 Å². The van der Waals surface area contributed by atoms with E-state index in [4.69, 9.17) is 11.6 Å². The Bertz CT molecular complexity index is 467. The van der Waals surface area contributed by atoms with E-state index in [1.54, 1.807) is 0 Å². The molecule has 2 rings (SSSR count). The van der Waals surface area contributed by atoms with E-state index in [0.29, 0.717) is 5.92 Å². The van der Waals surface area contributed by atoms with Gasteiger partial charge in [-0.25, -0.2) is 9.37 Å². The summed E-state index contributed by atoms with van der Waals surface area (Å²) >= 11 is 5.84. The Hall–Kier alpha value is -1.16. The third kappa shape index (κ3) is 3.44. The molecule has 1 saturated carbocycles. The number of carbonyl (C=O) groups excluding carboxylic acids is 1. The molecule has 0 bridgehead atoms. The second-order valence-corrected chi connectivity index (χ2v) is 5.38. The van der Waals surface area contributed by atoms with Crippen LogP contribution in [0.3, 0.4) is 0 Å². The van der Waals surface area contributed by atoms with Gasteiger partial charge in [-0.15, -0.1) is 0 Å². The van der Waals surface area contributed by atoms with Crippen LogP contribution >= 0.6 is 11.6 Å². The Labute approximate surface area is 117 Å². The summed E-state index contributed by atoms with van der Waals surface area (Å²) in [5, 5.41) is 3.02. The fourth-order valence-electron chi connectivity index (χ4n) is 2.71. The van der Waals surface area contributed by atoms with E-state index >= 15 is 0 Å². The third-order valence-electron chi connectivity index (χ3n) is 3.80. The van der Waals surface area contributed by atoms with Crippen LogP contribution < -0.4 is 5.32 Å². The lowest BCUT2D eigenvalue weighted by atomic mass is 9.83. The molecule has 1 heterocycles. The number of pyridine rings is 1. The van der Waals surface area contributed by atoms with Crippen molar-refractivity contribution in [3.63, 3.8) is 0 Å². The van der Waals surface area contributed by atoms with E-state index in [-0.39, 0.29) is 22.7 Å².